The fourth-order valence-electron chi connectivity index (χ4n) is 2.48. The van der Waals surface area contributed by atoms with Gasteiger partial charge in [-0.3, -0.25) is 9.59 Å². The van der Waals surface area contributed by atoms with E-state index in [-0.39, 0.29) is 17.9 Å². The van der Waals surface area contributed by atoms with Gasteiger partial charge in [0.05, 0.1) is 27.8 Å². The summed E-state index contributed by atoms with van der Waals surface area (Å²) in [6, 6.07) is 10.2. The van der Waals surface area contributed by atoms with Crippen molar-refractivity contribution in [3.05, 3.63) is 63.4 Å². The normalized spacial score (nSPS) is 11.8. The number of hydrogen-bond donors (Lipinski definition) is 2. The maximum absolute atomic E-state index is 12.6. The van der Waals surface area contributed by atoms with Crippen LogP contribution in [0.5, 0.6) is 0 Å². The Labute approximate surface area is 166 Å². The van der Waals surface area contributed by atoms with Gasteiger partial charge in [0.15, 0.2) is 0 Å². The molecule has 3 aromatic rings. The quantitative estimate of drug-likeness (QED) is 0.604. The van der Waals surface area contributed by atoms with Crippen LogP contribution in [0.2, 0.25) is 5.02 Å². The highest BCUT2D eigenvalue weighted by Gasteiger charge is 2.15. The summed E-state index contributed by atoms with van der Waals surface area (Å²) in [6.45, 7) is 4.09. The molecule has 0 aliphatic carbocycles. The van der Waals surface area contributed by atoms with Crippen molar-refractivity contribution in [1.82, 2.24) is 9.78 Å². The van der Waals surface area contributed by atoms with E-state index in [2.05, 4.69) is 22.7 Å². The van der Waals surface area contributed by atoms with Crippen LogP contribution in [0, 0.1) is 0 Å². The standard InChI is InChI=1S/C19H19ClN4O2S/c1-3-12(2)24-17(8-9-21-24)23-18(25)13-6-7-14(20)15(11-13)22-19(26)16-5-4-10-27-16/h4-12H,3H2,1-2H3,(H,22,26)(H,23,25). The van der Waals surface area contributed by atoms with Gasteiger partial charge in [0.2, 0.25) is 0 Å². The van der Waals surface area contributed by atoms with Gasteiger partial charge in [-0.25, -0.2) is 4.68 Å². The van der Waals surface area contributed by atoms with E-state index in [1.165, 1.54) is 11.3 Å². The van der Waals surface area contributed by atoms with E-state index in [1.54, 1.807) is 47.3 Å². The molecule has 2 aromatic heterocycles. The maximum Gasteiger partial charge on any atom is 0.265 e. The average molecular weight is 403 g/mol. The number of rotatable bonds is 6. The molecule has 2 heterocycles. The number of benzene rings is 1. The molecule has 2 N–H and O–H groups in total. The zero-order valence-electron chi connectivity index (χ0n) is 14.9. The first-order valence-electron chi connectivity index (χ1n) is 8.49. The zero-order chi connectivity index (χ0) is 19.4. The van der Waals surface area contributed by atoms with Crippen LogP contribution in [-0.4, -0.2) is 21.6 Å². The van der Waals surface area contributed by atoms with E-state index in [0.717, 1.165) is 6.42 Å². The molecule has 0 saturated heterocycles. The lowest BCUT2D eigenvalue weighted by Gasteiger charge is -2.14. The van der Waals surface area contributed by atoms with Gasteiger partial charge in [-0.15, -0.1) is 11.3 Å². The second-order valence-corrected chi connectivity index (χ2v) is 7.35. The zero-order valence-corrected chi connectivity index (χ0v) is 16.5. The number of carbonyl (C=O) groups is 2. The van der Waals surface area contributed by atoms with Crippen molar-refractivity contribution in [3.63, 3.8) is 0 Å². The second-order valence-electron chi connectivity index (χ2n) is 6.00. The van der Waals surface area contributed by atoms with Crippen molar-refractivity contribution in [2.45, 2.75) is 26.3 Å². The average Bonchev–Trinajstić information content (AvgIpc) is 3.34. The molecular weight excluding hydrogens is 384 g/mol. The Morgan fingerprint density at radius 1 is 1.22 bits per heavy atom. The maximum atomic E-state index is 12.6. The molecule has 1 aromatic carbocycles. The van der Waals surface area contributed by atoms with Crippen LogP contribution in [0.1, 0.15) is 46.3 Å². The smallest absolute Gasteiger partial charge is 0.265 e. The number of amides is 2. The van der Waals surface area contributed by atoms with E-state index < -0.39 is 0 Å². The molecule has 0 saturated carbocycles. The highest BCUT2D eigenvalue weighted by atomic mass is 35.5. The van der Waals surface area contributed by atoms with Crippen LogP contribution in [0.15, 0.2) is 48.0 Å². The number of halogens is 1. The number of thiophene rings is 1. The van der Waals surface area contributed by atoms with Crippen molar-refractivity contribution in [3.8, 4) is 0 Å². The lowest BCUT2D eigenvalue weighted by molar-refractivity contribution is 0.101. The highest BCUT2D eigenvalue weighted by Crippen LogP contribution is 2.25. The van der Waals surface area contributed by atoms with Crippen LogP contribution >= 0.6 is 22.9 Å². The Morgan fingerprint density at radius 2 is 2.04 bits per heavy atom. The Bertz CT molecular complexity index is 953. The van der Waals surface area contributed by atoms with Gasteiger partial charge in [-0.05, 0) is 43.0 Å². The molecule has 140 valence electrons. The number of hydrogen-bond acceptors (Lipinski definition) is 4. The summed E-state index contributed by atoms with van der Waals surface area (Å²) in [7, 11) is 0. The van der Waals surface area contributed by atoms with Gasteiger partial charge in [-0.2, -0.15) is 5.10 Å². The molecule has 0 fully saturated rings. The first kappa shape index (κ1) is 19.1. The van der Waals surface area contributed by atoms with E-state index >= 15 is 0 Å². The lowest BCUT2D eigenvalue weighted by Crippen LogP contribution is -2.18. The van der Waals surface area contributed by atoms with Crippen LogP contribution in [0.3, 0.4) is 0 Å². The summed E-state index contributed by atoms with van der Waals surface area (Å²) < 4.78 is 1.77. The summed E-state index contributed by atoms with van der Waals surface area (Å²) in [4.78, 5) is 25.5. The van der Waals surface area contributed by atoms with E-state index in [9.17, 15) is 9.59 Å². The molecule has 8 heteroatoms. The minimum absolute atomic E-state index is 0.168. The summed E-state index contributed by atoms with van der Waals surface area (Å²) in [5.41, 5.74) is 0.774. The van der Waals surface area contributed by atoms with E-state index in [0.29, 0.717) is 27.0 Å². The third-order valence-electron chi connectivity index (χ3n) is 4.14. The first-order chi connectivity index (χ1) is 13.0. The largest absolute Gasteiger partial charge is 0.320 e. The Kier molecular flexibility index (Phi) is 5.93. The number of nitrogens with one attached hydrogen (secondary N) is 2. The summed E-state index contributed by atoms with van der Waals surface area (Å²) in [5, 5.41) is 12.0. The monoisotopic (exact) mass is 402 g/mol. The lowest BCUT2D eigenvalue weighted by atomic mass is 10.2. The van der Waals surface area contributed by atoms with Gasteiger partial charge in [0, 0.05) is 11.6 Å². The van der Waals surface area contributed by atoms with Crippen molar-refractivity contribution in [2.75, 3.05) is 10.6 Å². The van der Waals surface area contributed by atoms with E-state index in [1.807, 2.05) is 12.3 Å². The fourth-order valence-corrected chi connectivity index (χ4v) is 3.26. The van der Waals surface area contributed by atoms with Gasteiger partial charge in [0.1, 0.15) is 5.82 Å². The van der Waals surface area contributed by atoms with Crippen LogP contribution in [0.4, 0.5) is 11.5 Å². The summed E-state index contributed by atoms with van der Waals surface area (Å²) >= 11 is 7.51. The van der Waals surface area contributed by atoms with Crippen molar-refractivity contribution in [1.29, 1.82) is 0 Å². The topological polar surface area (TPSA) is 76.0 Å². The number of carbonyl (C=O) groups excluding carboxylic acids is 2. The number of nitrogens with zero attached hydrogens (tertiary/aromatic N) is 2. The van der Waals surface area contributed by atoms with Gasteiger partial charge in [0.25, 0.3) is 11.8 Å². The summed E-state index contributed by atoms with van der Waals surface area (Å²) in [5.74, 6) is 0.0520. The minimum atomic E-state index is -0.302. The summed E-state index contributed by atoms with van der Waals surface area (Å²) in [6.07, 6.45) is 2.54. The molecule has 0 aliphatic heterocycles. The van der Waals surface area contributed by atoms with Crippen LogP contribution in [-0.2, 0) is 0 Å². The molecule has 6 nitrogen and oxygen atoms in total. The Morgan fingerprint density at radius 3 is 2.74 bits per heavy atom. The van der Waals surface area contributed by atoms with Crippen molar-refractivity contribution < 1.29 is 9.59 Å². The predicted molar refractivity (Wildman–Crippen MR) is 109 cm³/mol. The fraction of sp³-hybridized carbons (Fsp3) is 0.211. The molecule has 27 heavy (non-hydrogen) atoms. The molecule has 3 rings (SSSR count). The first-order valence-corrected chi connectivity index (χ1v) is 9.74. The van der Waals surface area contributed by atoms with Gasteiger partial charge in [-0.1, -0.05) is 24.6 Å². The van der Waals surface area contributed by atoms with Crippen LogP contribution < -0.4 is 10.6 Å². The van der Waals surface area contributed by atoms with Crippen molar-refractivity contribution in [2.24, 2.45) is 0 Å². The van der Waals surface area contributed by atoms with Gasteiger partial charge >= 0.3 is 0 Å². The molecular formula is C19H19ClN4O2S. The molecule has 1 atom stereocenters. The number of aromatic nitrogens is 2. The van der Waals surface area contributed by atoms with E-state index in [4.69, 9.17) is 11.6 Å². The molecule has 2 amide bonds. The third kappa shape index (κ3) is 4.37. The second kappa shape index (κ2) is 8.37. The SMILES string of the molecule is CCC(C)n1nccc1NC(=O)c1ccc(Cl)c(NC(=O)c2cccs2)c1. The molecule has 0 bridgehead atoms. The third-order valence-corrected chi connectivity index (χ3v) is 5.34. The van der Waals surface area contributed by atoms with Crippen LogP contribution in [0.25, 0.3) is 0 Å². The number of anilines is 2. The predicted octanol–water partition coefficient (Wildman–Crippen LogP) is 5.07. The Balaban J connectivity index is 1.78. The molecule has 0 radical (unpaired) electrons. The van der Waals surface area contributed by atoms with Gasteiger partial charge < -0.3 is 10.6 Å². The highest BCUT2D eigenvalue weighted by molar-refractivity contribution is 7.12. The molecule has 1 unspecified atom stereocenters. The van der Waals surface area contributed by atoms with Crippen molar-refractivity contribution >= 4 is 46.3 Å². The molecule has 0 spiro atoms. The Hall–Kier alpha value is -2.64. The minimum Gasteiger partial charge on any atom is -0.320 e. The molecule has 0 aliphatic rings.